The lowest BCUT2D eigenvalue weighted by atomic mass is 11.6. The van der Waals surface area contributed by atoms with Gasteiger partial charge in [0.05, 0.1) is 7.18 Å². The van der Waals surface area contributed by atoms with Crippen LogP contribution in [0.2, 0.25) is 0 Å². The molecule has 0 aromatic carbocycles. The molecule has 0 saturated heterocycles. The molecular weight excluding hydrogens is 97.0 g/mol. The molecule has 0 fully saturated rings. The molecule has 0 spiro atoms. The fraction of sp³-hybridized carbons (Fsp3) is 1.00. The Morgan fingerprint density at radius 2 is 1.14 bits per heavy atom. The quantitative estimate of drug-likeness (QED) is 0.478. The lowest BCUT2D eigenvalue weighted by Crippen LogP contribution is -1.69. The standard InChI is InChI=1S/CH3F.CH5N.CH4O.CH4/c3*1-2;/h1H3;2H2,1H3;2H,1H3;1H4. The van der Waals surface area contributed by atoms with Crippen molar-refractivity contribution in [1.29, 1.82) is 0 Å². The minimum absolute atomic E-state index is 0. The van der Waals surface area contributed by atoms with E-state index in [4.69, 9.17) is 5.11 Å². The molecule has 0 aliphatic carbocycles. The zero-order valence-corrected chi connectivity index (χ0v) is 4.40. The summed E-state index contributed by atoms with van der Waals surface area (Å²) in [5.74, 6) is 0. The fourth-order valence-corrected chi connectivity index (χ4v) is 0. The second-order valence-electron chi connectivity index (χ2n) is 0. The molecule has 0 aromatic heterocycles. The first-order valence-electron chi connectivity index (χ1n) is 1.40. The van der Waals surface area contributed by atoms with Crippen molar-refractivity contribution >= 4 is 0 Å². The van der Waals surface area contributed by atoms with E-state index in [1.807, 2.05) is 0 Å². The van der Waals surface area contributed by atoms with Gasteiger partial charge in [0, 0.05) is 7.11 Å². The van der Waals surface area contributed by atoms with Crippen LogP contribution in [0.1, 0.15) is 7.43 Å². The van der Waals surface area contributed by atoms with Gasteiger partial charge in [0.25, 0.3) is 0 Å². The van der Waals surface area contributed by atoms with Crippen LogP contribution in [-0.2, 0) is 0 Å². The van der Waals surface area contributed by atoms with Gasteiger partial charge in [-0.25, -0.2) is 0 Å². The van der Waals surface area contributed by atoms with Gasteiger partial charge in [-0.05, 0) is 7.05 Å². The molecular formula is C4H16FNO. The van der Waals surface area contributed by atoms with Crippen molar-refractivity contribution in [2.45, 2.75) is 7.43 Å². The van der Waals surface area contributed by atoms with E-state index in [1.54, 1.807) is 0 Å². The van der Waals surface area contributed by atoms with Gasteiger partial charge < -0.3 is 10.8 Å². The molecule has 0 rings (SSSR count). The van der Waals surface area contributed by atoms with Crippen LogP contribution in [0.3, 0.4) is 0 Å². The van der Waals surface area contributed by atoms with Crippen LogP contribution < -0.4 is 5.73 Å². The summed E-state index contributed by atoms with van der Waals surface area (Å²) in [5, 5.41) is 7.00. The van der Waals surface area contributed by atoms with E-state index in [0.717, 1.165) is 7.11 Å². The van der Waals surface area contributed by atoms with E-state index in [1.165, 1.54) is 7.05 Å². The highest BCUT2D eigenvalue weighted by Crippen LogP contribution is 1.16. The summed E-state index contributed by atoms with van der Waals surface area (Å²) in [6.45, 7) is 0. The first kappa shape index (κ1) is 28.9. The number of rotatable bonds is 0. The Morgan fingerprint density at radius 3 is 1.14 bits per heavy atom. The summed E-state index contributed by atoms with van der Waals surface area (Å²) >= 11 is 0. The first-order valence-corrected chi connectivity index (χ1v) is 1.40. The van der Waals surface area contributed by atoms with E-state index < -0.39 is 0 Å². The summed E-state index contributed by atoms with van der Waals surface area (Å²) in [6.07, 6.45) is 0. The third kappa shape index (κ3) is 3850. The van der Waals surface area contributed by atoms with Crippen molar-refractivity contribution < 1.29 is 9.50 Å². The molecule has 50 valence electrons. The monoisotopic (exact) mass is 113 g/mol. The molecule has 0 aliphatic heterocycles. The summed E-state index contributed by atoms with van der Waals surface area (Å²) in [7, 11) is 3.00. The number of hydrogen-bond acceptors (Lipinski definition) is 2. The van der Waals surface area contributed by atoms with Gasteiger partial charge in [-0.15, -0.1) is 0 Å². The largest absolute Gasteiger partial charge is 0.400 e. The number of aliphatic hydroxyl groups is 1. The van der Waals surface area contributed by atoms with Crippen molar-refractivity contribution in [1.82, 2.24) is 0 Å². The molecule has 3 heteroatoms. The van der Waals surface area contributed by atoms with Gasteiger partial charge in [-0.2, -0.15) is 0 Å². The van der Waals surface area contributed by atoms with Crippen LogP contribution >= 0.6 is 0 Å². The maximum atomic E-state index is 9.50. The van der Waals surface area contributed by atoms with Crippen LogP contribution in [0, 0.1) is 0 Å². The molecule has 0 saturated carbocycles. The van der Waals surface area contributed by atoms with Gasteiger partial charge in [-0.1, -0.05) is 7.43 Å². The van der Waals surface area contributed by atoms with Crippen molar-refractivity contribution in [3.63, 3.8) is 0 Å². The van der Waals surface area contributed by atoms with Gasteiger partial charge in [0.2, 0.25) is 0 Å². The normalized spacial score (nSPS) is 2.57. The average molecular weight is 113 g/mol. The molecule has 0 aliphatic rings. The summed E-state index contributed by atoms with van der Waals surface area (Å²) in [6, 6.07) is 0. The van der Waals surface area contributed by atoms with Crippen LogP contribution in [0.15, 0.2) is 0 Å². The van der Waals surface area contributed by atoms with E-state index in [9.17, 15) is 4.39 Å². The average Bonchev–Trinajstić information content (AvgIpc) is 1.81. The molecule has 0 radical (unpaired) electrons. The number of alkyl halides is 1. The van der Waals surface area contributed by atoms with E-state index in [0.29, 0.717) is 7.18 Å². The Balaban J connectivity index is -0.00000000900. The van der Waals surface area contributed by atoms with Crippen molar-refractivity contribution in [3.8, 4) is 0 Å². The Labute approximate surface area is 45.2 Å². The smallest absolute Gasteiger partial charge is 0.0785 e. The van der Waals surface area contributed by atoms with Crippen LogP contribution in [-0.4, -0.2) is 26.4 Å². The Bertz CT molecular complexity index is 11.7. The SMILES string of the molecule is C.CF.CN.CO. The molecule has 0 heterocycles. The number of halogens is 1. The third-order valence-electron chi connectivity index (χ3n) is 0. The maximum Gasteiger partial charge on any atom is 0.0785 e. The van der Waals surface area contributed by atoms with Crippen molar-refractivity contribution in [3.05, 3.63) is 0 Å². The van der Waals surface area contributed by atoms with Gasteiger partial charge in [-0.3, -0.25) is 4.39 Å². The minimum Gasteiger partial charge on any atom is -0.400 e. The Morgan fingerprint density at radius 1 is 1.14 bits per heavy atom. The summed E-state index contributed by atoms with van der Waals surface area (Å²) in [5.41, 5.74) is 4.50. The topological polar surface area (TPSA) is 46.2 Å². The van der Waals surface area contributed by atoms with E-state index in [-0.39, 0.29) is 7.43 Å². The molecule has 0 bridgehead atoms. The highest BCUT2D eigenvalue weighted by Gasteiger charge is 0.926. The van der Waals surface area contributed by atoms with E-state index >= 15 is 0 Å². The molecule has 0 unspecified atom stereocenters. The van der Waals surface area contributed by atoms with Crippen molar-refractivity contribution in [2.24, 2.45) is 5.73 Å². The highest BCUT2D eigenvalue weighted by atomic mass is 19.1. The van der Waals surface area contributed by atoms with Gasteiger partial charge in [0.15, 0.2) is 0 Å². The molecule has 7 heavy (non-hydrogen) atoms. The first-order chi connectivity index (χ1) is 3.00. The van der Waals surface area contributed by atoms with Crippen LogP contribution in [0.5, 0.6) is 0 Å². The predicted octanol–water partition coefficient (Wildman–Crippen LogP) is 0.405. The maximum absolute atomic E-state index is 9.50. The third-order valence-corrected chi connectivity index (χ3v) is 0. The number of nitrogens with two attached hydrogens (primary N) is 1. The number of aliphatic hydroxyl groups excluding tert-OH is 1. The van der Waals surface area contributed by atoms with Crippen molar-refractivity contribution in [2.75, 3.05) is 21.3 Å². The zero-order valence-electron chi connectivity index (χ0n) is 4.40. The molecule has 2 nitrogen and oxygen atoms in total. The second-order valence-corrected chi connectivity index (χ2v) is 0. The van der Waals surface area contributed by atoms with Crippen LogP contribution in [0.4, 0.5) is 4.39 Å². The van der Waals surface area contributed by atoms with Gasteiger partial charge in [0.1, 0.15) is 0 Å². The lowest BCUT2D eigenvalue weighted by Gasteiger charge is -1.21. The highest BCUT2D eigenvalue weighted by molar-refractivity contribution is 3.54. The van der Waals surface area contributed by atoms with E-state index in [2.05, 4.69) is 5.73 Å². The van der Waals surface area contributed by atoms with Gasteiger partial charge >= 0.3 is 0 Å². The fourth-order valence-electron chi connectivity index (χ4n) is 0. The minimum atomic E-state index is 0. The molecule has 0 amide bonds. The summed E-state index contributed by atoms with van der Waals surface area (Å²) in [4.78, 5) is 0. The Kier molecular flexibility index (Phi) is 25200. The lowest BCUT2D eigenvalue weighted by molar-refractivity contribution is 0.399. The second kappa shape index (κ2) is 6120. The molecule has 3 N–H and O–H groups in total. The number of hydrogen-bond donors (Lipinski definition) is 2. The predicted molar refractivity (Wildman–Crippen MR) is 32.0 cm³/mol. The molecule has 0 atom stereocenters. The van der Waals surface area contributed by atoms with Crippen LogP contribution in [0.25, 0.3) is 0 Å². The zero-order chi connectivity index (χ0) is 6.00. The summed E-state index contributed by atoms with van der Waals surface area (Å²) < 4.78 is 9.50. The Hall–Kier alpha value is -0.150. The molecule has 0 aromatic rings.